The minimum Gasteiger partial charge on any atom is -0.502 e. The van der Waals surface area contributed by atoms with Crippen LogP contribution in [0.25, 0.3) is 6.08 Å². The molecule has 1 aromatic carbocycles. The van der Waals surface area contributed by atoms with Gasteiger partial charge in [-0.15, -0.1) is 0 Å². The monoisotopic (exact) mass is 359 g/mol. The number of urea groups is 1. The molecule has 1 heterocycles. The number of hydrogen-bond donors (Lipinski definition) is 2. The maximum absolute atomic E-state index is 12.7. The summed E-state index contributed by atoms with van der Waals surface area (Å²) in [6, 6.07) is 2.52. The normalized spacial score (nSPS) is 20.4. The van der Waals surface area contributed by atoms with Crippen molar-refractivity contribution in [2.45, 2.75) is 38.1 Å². The van der Waals surface area contributed by atoms with Gasteiger partial charge in [-0.3, -0.25) is 29.9 Å². The molecule has 26 heavy (non-hydrogen) atoms. The molecule has 0 unspecified atom stereocenters. The van der Waals surface area contributed by atoms with E-state index in [1.54, 1.807) is 0 Å². The minimum absolute atomic E-state index is 0.200. The van der Waals surface area contributed by atoms with Crippen molar-refractivity contribution >= 4 is 29.6 Å². The second-order valence-electron chi connectivity index (χ2n) is 6.29. The van der Waals surface area contributed by atoms with E-state index in [0.717, 1.165) is 36.3 Å². The summed E-state index contributed by atoms with van der Waals surface area (Å²) in [5.41, 5.74) is -0.607. The summed E-state index contributed by atoms with van der Waals surface area (Å²) in [5, 5.41) is 22.6. The van der Waals surface area contributed by atoms with Gasteiger partial charge in [-0.25, -0.2) is 4.79 Å². The Balaban J connectivity index is 1.95. The summed E-state index contributed by atoms with van der Waals surface area (Å²) in [6.07, 6.45) is 5.40. The van der Waals surface area contributed by atoms with Crippen LogP contribution in [0.2, 0.25) is 0 Å². The van der Waals surface area contributed by atoms with E-state index >= 15 is 0 Å². The molecule has 0 bridgehead atoms. The number of nitrogens with zero attached hydrogens (tertiary/aromatic N) is 2. The third-order valence-corrected chi connectivity index (χ3v) is 4.58. The zero-order chi connectivity index (χ0) is 18.8. The smallest absolute Gasteiger partial charge is 0.331 e. The SMILES string of the molecule is O=C1NC(=O)N(C2CCCCC2)C(=O)C1=Cc1ccc(O)c([N+](=O)[O-])c1. The Morgan fingerprint density at radius 2 is 1.88 bits per heavy atom. The van der Waals surface area contributed by atoms with Crippen molar-refractivity contribution in [2.75, 3.05) is 0 Å². The van der Waals surface area contributed by atoms with Crippen LogP contribution in [-0.4, -0.2) is 38.8 Å². The number of phenols is 1. The van der Waals surface area contributed by atoms with Gasteiger partial charge in [0.15, 0.2) is 5.75 Å². The van der Waals surface area contributed by atoms with Gasteiger partial charge in [-0.05, 0) is 30.5 Å². The predicted octanol–water partition coefficient (Wildman–Crippen LogP) is 2.09. The van der Waals surface area contributed by atoms with Crippen molar-refractivity contribution in [3.05, 3.63) is 39.4 Å². The molecule has 9 nitrogen and oxygen atoms in total. The van der Waals surface area contributed by atoms with Crippen LogP contribution in [0.15, 0.2) is 23.8 Å². The number of nitro benzene ring substituents is 1. The van der Waals surface area contributed by atoms with Crippen molar-refractivity contribution < 1.29 is 24.4 Å². The van der Waals surface area contributed by atoms with Crippen LogP contribution in [-0.2, 0) is 9.59 Å². The van der Waals surface area contributed by atoms with Crippen LogP contribution >= 0.6 is 0 Å². The molecule has 0 radical (unpaired) electrons. The first-order valence-corrected chi connectivity index (χ1v) is 8.26. The highest BCUT2D eigenvalue weighted by molar-refractivity contribution is 6.31. The van der Waals surface area contributed by atoms with Gasteiger partial charge in [-0.1, -0.05) is 25.3 Å². The number of imide groups is 2. The van der Waals surface area contributed by atoms with Crippen LogP contribution in [0, 0.1) is 10.1 Å². The quantitative estimate of drug-likeness (QED) is 0.368. The van der Waals surface area contributed by atoms with E-state index in [1.807, 2.05) is 0 Å². The van der Waals surface area contributed by atoms with Gasteiger partial charge in [0.25, 0.3) is 11.8 Å². The van der Waals surface area contributed by atoms with Crippen LogP contribution in [0.3, 0.4) is 0 Å². The van der Waals surface area contributed by atoms with Crippen molar-refractivity contribution in [1.82, 2.24) is 10.2 Å². The fraction of sp³-hybridized carbons (Fsp3) is 0.353. The van der Waals surface area contributed by atoms with Gasteiger partial charge in [-0.2, -0.15) is 0 Å². The lowest BCUT2D eigenvalue weighted by molar-refractivity contribution is -0.385. The van der Waals surface area contributed by atoms with Crippen LogP contribution < -0.4 is 5.32 Å². The lowest BCUT2D eigenvalue weighted by atomic mass is 9.93. The molecule has 0 atom stereocenters. The zero-order valence-corrected chi connectivity index (χ0v) is 13.8. The second kappa shape index (κ2) is 6.95. The average Bonchev–Trinajstić information content (AvgIpc) is 2.60. The number of hydrogen-bond acceptors (Lipinski definition) is 6. The first-order chi connectivity index (χ1) is 12.4. The Hall–Kier alpha value is -3.23. The maximum Gasteiger partial charge on any atom is 0.331 e. The summed E-state index contributed by atoms with van der Waals surface area (Å²) >= 11 is 0. The number of rotatable bonds is 3. The molecule has 0 spiro atoms. The summed E-state index contributed by atoms with van der Waals surface area (Å²) < 4.78 is 0. The topological polar surface area (TPSA) is 130 Å². The van der Waals surface area contributed by atoms with Crippen molar-refractivity contribution in [3.8, 4) is 5.75 Å². The van der Waals surface area contributed by atoms with E-state index in [4.69, 9.17) is 0 Å². The number of nitrogens with one attached hydrogen (secondary N) is 1. The minimum atomic E-state index is -0.845. The lowest BCUT2D eigenvalue weighted by Gasteiger charge is -2.35. The summed E-state index contributed by atoms with van der Waals surface area (Å²) in [5.74, 6) is -2.07. The van der Waals surface area contributed by atoms with Gasteiger partial charge in [0, 0.05) is 12.1 Å². The number of carbonyl (C=O) groups is 3. The highest BCUT2D eigenvalue weighted by Gasteiger charge is 2.40. The molecule has 1 saturated carbocycles. The fourth-order valence-corrected chi connectivity index (χ4v) is 3.29. The molecule has 136 valence electrons. The molecule has 1 aliphatic heterocycles. The molecule has 4 amide bonds. The number of aromatic hydroxyl groups is 1. The van der Waals surface area contributed by atoms with Gasteiger partial charge in [0.2, 0.25) is 0 Å². The van der Waals surface area contributed by atoms with E-state index in [-0.39, 0.29) is 17.2 Å². The number of benzene rings is 1. The van der Waals surface area contributed by atoms with Crippen molar-refractivity contribution in [2.24, 2.45) is 0 Å². The van der Waals surface area contributed by atoms with E-state index in [9.17, 15) is 29.6 Å². The Labute approximate surface area is 148 Å². The number of barbiturate groups is 1. The Morgan fingerprint density at radius 3 is 2.54 bits per heavy atom. The van der Waals surface area contributed by atoms with Gasteiger partial charge in [0.1, 0.15) is 5.57 Å². The Morgan fingerprint density at radius 1 is 1.19 bits per heavy atom. The molecule has 2 aliphatic rings. The van der Waals surface area contributed by atoms with E-state index < -0.39 is 34.2 Å². The van der Waals surface area contributed by atoms with Gasteiger partial charge in [0.05, 0.1) is 4.92 Å². The highest BCUT2D eigenvalue weighted by atomic mass is 16.6. The summed E-state index contributed by atoms with van der Waals surface area (Å²) in [7, 11) is 0. The predicted molar refractivity (Wildman–Crippen MR) is 90.0 cm³/mol. The van der Waals surface area contributed by atoms with E-state index in [0.29, 0.717) is 12.8 Å². The number of nitro groups is 1. The van der Waals surface area contributed by atoms with Crippen molar-refractivity contribution in [1.29, 1.82) is 0 Å². The Bertz CT molecular complexity index is 826. The Kier molecular flexibility index (Phi) is 4.70. The average molecular weight is 359 g/mol. The third kappa shape index (κ3) is 3.28. The maximum atomic E-state index is 12.7. The third-order valence-electron chi connectivity index (χ3n) is 4.58. The molecule has 1 saturated heterocycles. The molecule has 0 aromatic heterocycles. The number of phenolic OH excluding ortho intramolecular Hbond substituents is 1. The fourth-order valence-electron chi connectivity index (χ4n) is 3.29. The highest BCUT2D eigenvalue weighted by Crippen LogP contribution is 2.29. The molecule has 1 aromatic rings. The molecular weight excluding hydrogens is 342 g/mol. The first kappa shape index (κ1) is 17.6. The zero-order valence-electron chi connectivity index (χ0n) is 13.8. The lowest BCUT2D eigenvalue weighted by Crippen LogP contribution is -2.58. The number of amides is 4. The van der Waals surface area contributed by atoms with Crippen LogP contribution in [0.1, 0.15) is 37.7 Å². The van der Waals surface area contributed by atoms with E-state index in [1.165, 1.54) is 12.1 Å². The first-order valence-electron chi connectivity index (χ1n) is 8.26. The standard InChI is InChI=1S/C17H17N3O6/c21-14-7-6-10(9-13(14)20(25)26)8-12-15(22)18-17(24)19(16(12)23)11-4-2-1-3-5-11/h6-9,11,21H,1-5H2,(H,18,22,24). The van der Waals surface area contributed by atoms with Gasteiger partial charge < -0.3 is 5.11 Å². The molecule has 3 rings (SSSR count). The molecule has 1 aliphatic carbocycles. The van der Waals surface area contributed by atoms with Crippen LogP contribution in [0.4, 0.5) is 10.5 Å². The molecule has 9 heteroatoms. The van der Waals surface area contributed by atoms with Crippen LogP contribution in [0.5, 0.6) is 5.75 Å². The van der Waals surface area contributed by atoms with Crippen molar-refractivity contribution in [3.63, 3.8) is 0 Å². The van der Waals surface area contributed by atoms with E-state index in [2.05, 4.69) is 5.32 Å². The van der Waals surface area contributed by atoms with Gasteiger partial charge >= 0.3 is 11.7 Å². The number of carbonyl (C=O) groups excluding carboxylic acids is 3. The molecule has 2 fully saturated rings. The molecular formula is C17H17N3O6. The summed E-state index contributed by atoms with van der Waals surface area (Å²) in [4.78, 5) is 48.2. The largest absolute Gasteiger partial charge is 0.502 e. The summed E-state index contributed by atoms with van der Waals surface area (Å²) in [6.45, 7) is 0. The second-order valence-corrected chi connectivity index (χ2v) is 6.29. The molecule has 2 N–H and O–H groups in total.